The molecule has 0 spiro atoms. The summed E-state index contributed by atoms with van der Waals surface area (Å²) in [7, 11) is -3.49. The Morgan fingerprint density at radius 1 is 1.26 bits per heavy atom. The van der Waals surface area contributed by atoms with Gasteiger partial charge in [0.1, 0.15) is 11.4 Å². The van der Waals surface area contributed by atoms with Crippen LogP contribution in [0.3, 0.4) is 0 Å². The Kier molecular flexibility index (Phi) is 4.18. The molecule has 7 nitrogen and oxygen atoms in total. The van der Waals surface area contributed by atoms with E-state index in [1.54, 1.807) is 16.8 Å². The van der Waals surface area contributed by atoms with Crippen LogP contribution in [0.4, 0.5) is 0 Å². The van der Waals surface area contributed by atoms with Gasteiger partial charge in [-0.05, 0) is 32.0 Å². The molecule has 0 radical (unpaired) electrons. The number of hydrogen-bond donors (Lipinski definition) is 1. The molecule has 3 aromatic rings. The average Bonchev–Trinajstić information content (AvgIpc) is 3.02. The lowest BCUT2D eigenvalue weighted by atomic mass is 10.2. The second-order valence-corrected chi connectivity index (χ2v) is 7.24. The third-order valence-electron chi connectivity index (χ3n) is 3.53. The molecule has 1 N–H and O–H groups in total. The van der Waals surface area contributed by atoms with E-state index in [0.717, 1.165) is 16.8 Å². The molecule has 2 aromatic heterocycles. The van der Waals surface area contributed by atoms with Gasteiger partial charge < -0.3 is 4.52 Å². The van der Waals surface area contributed by atoms with Crippen LogP contribution in [-0.2, 0) is 22.3 Å². The summed E-state index contributed by atoms with van der Waals surface area (Å²) in [6, 6.07) is 9.15. The minimum Gasteiger partial charge on any atom is -0.356 e. The van der Waals surface area contributed by atoms with Crippen LogP contribution in [-0.4, -0.2) is 29.9 Å². The molecular weight excluding hydrogens is 316 g/mol. The van der Waals surface area contributed by atoms with Gasteiger partial charge in [-0.1, -0.05) is 17.3 Å². The van der Waals surface area contributed by atoms with E-state index in [0.29, 0.717) is 17.8 Å². The first kappa shape index (κ1) is 15.7. The minimum atomic E-state index is -3.49. The fourth-order valence-corrected chi connectivity index (χ4v) is 3.55. The van der Waals surface area contributed by atoms with Gasteiger partial charge >= 0.3 is 0 Å². The number of aromatic nitrogens is 3. The number of nitrogens with zero attached hydrogens (tertiary/aromatic N) is 3. The number of fused-ring (bicyclic) bond motifs is 1. The summed E-state index contributed by atoms with van der Waals surface area (Å²) in [5, 5.41) is 8.87. The maximum atomic E-state index is 12.2. The first-order chi connectivity index (χ1) is 10.9. The van der Waals surface area contributed by atoms with Gasteiger partial charge in [-0.3, -0.25) is 4.68 Å². The largest absolute Gasteiger partial charge is 0.356 e. The van der Waals surface area contributed by atoms with Crippen LogP contribution < -0.4 is 4.72 Å². The molecule has 0 atom stereocenters. The van der Waals surface area contributed by atoms with E-state index < -0.39 is 10.0 Å². The first-order valence-electron chi connectivity index (χ1n) is 7.26. The Bertz CT molecular complexity index is 927. The molecule has 122 valence electrons. The Morgan fingerprint density at radius 3 is 2.78 bits per heavy atom. The Morgan fingerprint density at radius 2 is 2.04 bits per heavy atom. The van der Waals surface area contributed by atoms with E-state index in [1.165, 1.54) is 0 Å². The number of nitrogens with one attached hydrogen (secondary N) is 1. The lowest BCUT2D eigenvalue weighted by Gasteiger charge is -2.07. The molecule has 0 saturated carbocycles. The van der Waals surface area contributed by atoms with Crippen molar-refractivity contribution in [3.63, 3.8) is 0 Å². The van der Waals surface area contributed by atoms with Crippen LogP contribution in [0.15, 0.2) is 34.9 Å². The lowest BCUT2D eigenvalue weighted by molar-refractivity contribution is 0.448. The first-order valence-corrected chi connectivity index (χ1v) is 8.91. The smallest absolute Gasteiger partial charge is 0.217 e. The highest BCUT2D eigenvalue weighted by molar-refractivity contribution is 7.88. The molecule has 2 heterocycles. The SMILES string of the molecule is Cc1cc(C)n(CCNS(=O)(=O)Cc2noc3ccccc23)n1. The molecule has 0 saturated heterocycles. The van der Waals surface area contributed by atoms with Crippen molar-refractivity contribution in [1.82, 2.24) is 19.7 Å². The van der Waals surface area contributed by atoms with Gasteiger partial charge in [-0.25, -0.2) is 13.1 Å². The Hall–Kier alpha value is -2.19. The normalized spacial score (nSPS) is 12.1. The van der Waals surface area contributed by atoms with Crippen LogP contribution in [0, 0.1) is 13.8 Å². The van der Waals surface area contributed by atoms with E-state index in [2.05, 4.69) is 15.0 Å². The van der Waals surface area contributed by atoms with Gasteiger partial charge in [0.2, 0.25) is 10.0 Å². The van der Waals surface area contributed by atoms with Crippen LogP contribution >= 0.6 is 0 Å². The molecule has 0 aliphatic heterocycles. The summed E-state index contributed by atoms with van der Waals surface area (Å²) in [6.45, 7) is 4.61. The van der Waals surface area contributed by atoms with Crippen molar-refractivity contribution < 1.29 is 12.9 Å². The molecule has 1 aromatic carbocycles. The van der Waals surface area contributed by atoms with Crippen molar-refractivity contribution in [2.24, 2.45) is 0 Å². The molecular formula is C15H18N4O3S. The fourth-order valence-electron chi connectivity index (χ4n) is 2.48. The number of benzene rings is 1. The summed E-state index contributed by atoms with van der Waals surface area (Å²) >= 11 is 0. The van der Waals surface area contributed by atoms with Gasteiger partial charge in [0, 0.05) is 17.6 Å². The molecule has 3 rings (SSSR count). The van der Waals surface area contributed by atoms with Gasteiger partial charge in [0.05, 0.1) is 12.2 Å². The minimum absolute atomic E-state index is 0.207. The van der Waals surface area contributed by atoms with Crippen LogP contribution in [0.5, 0.6) is 0 Å². The van der Waals surface area contributed by atoms with Crippen molar-refractivity contribution >= 4 is 21.0 Å². The van der Waals surface area contributed by atoms with E-state index in [-0.39, 0.29) is 12.3 Å². The van der Waals surface area contributed by atoms with Gasteiger partial charge in [0.25, 0.3) is 0 Å². The van der Waals surface area contributed by atoms with E-state index in [1.807, 2.05) is 32.0 Å². The number of hydrogen-bond acceptors (Lipinski definition) is 5. The molecule has 8 heteroatoms. The van der Waals surface area contributed by atoms with Crippen LogP contribution in [0.2, 0.25) is 0 Å². The summed E-state index contributed by atoms with van der Waals surface area (Å²) < 4.78 is 33.9. The van der Waals surface area contributed by atoms with E-state index in [9.17, 15) is 8.42 Å². The predicted octanol–water partition coefficient (Wildman–Crippen LogP) is 1.76. The zero-order valence-corrected chi connectivity index (χ0v) is 13.8. The molecule has 0 bridgehead atoms. The van der Waals surface area contributed by atoms with Gasteiger partial charge in [-0.2, -0.15) is 5.10 Å². The molecule has 0 aliphatic carbocycles. The number of aryl methyl sites for hydroxylation is 2. The topological polar surface area (TPSA) is 90.0 Å². The molecule has 23 heavy (non-hydrogen) atoms. The molecule has 0 aliphatic rings. The molecule has 0 unspecified atom stereocenters. The summed E-state index contributed by atoms with van der Waals surface area (Å²) in [4.78, 5) is 0. The number of sulfonamides is 1. The zero-order valence-electron chi connectivity index (χ0n) is 13.0. The Labute approximate surface area is 134 Å². The highest BCUT2D eigenvalue weighted by Crippen LogP contribution is 2.19. The average molecular weight is 334 g/mol. The second-order valence-electron chi connectivity index (χ2n) is 5.43. The quantitative estimate of drug-likeness (QED) is 0.742. The second kappa shape index (κ2) is 6.13. The molecule has 0 fully saturated rings. The molecule has 0 amide bonds. The summed E-state index contributed by atoms with van der Waals surface area (Å²) in [5.41, 5.74) is 2.92. The predicted molar refractivity (Wildman–Crippen MR) is 86.3 cm³/mol. The van der Waals surface area contributed by atoms with E-state index in [4.69, 9.17) is 4.52 Å². The monoisotopic (exact) mass is 334 g/mol. The van der Waals surface area contributed by atoms with Crippen molar-refractivity contribution in [1.29, 1.82) is 0 Å². The Balaban J connectivity index is 1.64. The van der Waals surface area contributed by atoms with Crippen LogP contribution in [0.25, 0.3) is 11.0 Å². The standard InChI is InChI=1S/C15H18N4O3S/c1-11-9-12(2)19(17-11)8-7-16-23(20,21)10-14-13-5-3-4-6-15(13)22-18-14/h3-6,9,16H,7-8,10H2,1-2H3. The fraction of sp³-hybridized carbons (Fsp3) is 0.333. The summed E-state index contributed by atoms with van der Waals surface area (Å²) in [5.74, 6) is -0.207. The lowest BCUT2D eigenvalue weighted by Crippen LogP contribution is -2.29. The van der Waals surface area contributed by atoms with Crippen LogP contribution in [0.1, 0.15) is 17.1 Å². The third-order valence-corrected chi connectivity index (χ3v) is 4.83. The maximum absolute atomic E-state index is 12.2. The summed E-state index contributed by atoms with van der Waals surface area (Å²) in [6.07, 6.45) is 0. The van der Waals surface area contributed by atoms with Crippen molar-refractivity contribution in [3.05, 3.63) is 47.4 Å². The van der Waals surface area contributed by atoms with Crippen molar-refractivity contribution in [2.45, 2.75) is 26.1 Å². The van der Waals surface area contributed by atoms with Gasteiger partial charge in [0.15, 0.2) is 5.58 Å². The number of rotatable bonds is 6. The third kappa shape index (κ3) is 3.59. The van der Waals surface area contributed by atoms with Gasteiger partial charge in [-0.15, -0.1) is 0 Å². The maximum Gasteiger partial charge on any atom is 0.217 e. The van der Waals surface area contributed by atoms with E-state index >= 15 is 0 Å². The van der Waals surface area contributed by atoms with Crippen molar-refractivity contribution in [2.75, 3.05) is 6.54 Å². The highest BCUT2D eigenvalue weighted by atomic mass is 32.2. The number of para-hydroxylation sites is 1. The zero-order chi connectivity index (χ0) is 16.4. The highest BCUT2D eigenvalue weighted by Gasteiger charge is 2.17. The van der Waals surface area contributed by atoms with Crippen molar-refractivity contribution in [3.8, 4) is 0 Å².